The number of aryl methyl sites for hydroxylation is 1. The fourth-order valence-corrected chi connectivity index (χ4v) is 1.66. The van der Waals surface area contributed by atoms with Crippen LogP contribution >= 0.6 is 0 Å². The zero-order valence-electron chi connectivity index (χ0n) is 11.0. The molecule has 17 heavy (non-hydrogen) atoms. The molecular formula is C15H20O2. The largest absolute Gasteiger partial charge is 0.496 e. The molecule has 0 amide bonds. The Morgan fingerprint density at radius 3 is 2.65 bits per heavy atom. The normalized spacial score (nSPS) is 9.88. The third-order valence-electron chi connectivity index (χ3n) is 2.58. The van der Waals surface area contributed by atoms with E-state index in [0.717, 1.165) is 12.0 Å². The van der Waals surface area contributed by atoms with Gasteiger partial charge in [-0.15, -0.1) is 0 Å². The Labute approximate surface area is 103 Å². The van der Waals surface area contributed by atoms with Gasteiger partial charge in [0, 0.05) is 6.42 Å². The number of hydrogen-bond donors (Lipinski definition) is 0. The molecule has 0 aliphatic carbocycles. The molecule has 1 aromatic carbocycles. The maximum atomic E-state index is 12.0. The Hall–Kier alpha value is -1.57. The highest BCUT2D eigenvalue weighted by atomic mass is 16.5. The van der Waals surface area contributed by atoms with Gasteiger partial charge in [0.25, 0.3) is 0 Å². The highest BCUT2D eigenvalue weighted by Crippen LogP contribution is 2.22. The molecule has 1 rings (SSSR count). The first kappa shape index (κ1) is 13.5. The lowest BCUT2D eigenvalue weighted by Gasteiger charge is -2.08. The summed E-state index contributed by atoms with van der Waals surface area (Å²) < 4.78 is 5.24. The molecule has 0 radical (unpaired) electrons. The molecule has 0 unspecified atom stereocenters. The van der Waals surface area contributed by atoms with Gasteiger partial charge in [0.1, 0.15) is 5.75 Å². The van der Waals surface area contributed by atoms with Crippen molar-refractivity contribution in [2.45, 2.75) is 33.6 Å². The van der Waals surface area contributed by atoms with Crippen LogP contribution in [0.4, 0.5) is 0 Å². The van der Waals surface area contributed by atoms with Crippen molar-refractivity contribution in [1.29, 1.82) is 0 Å². The molecule has 0 aromatic heterocycles. The van der Waals surface area contributed by atoms with Crippen LogP contribution in [0.25, 0.3) is 0 Å². The van der Waals surface area contributed by atoms with Crippen LogP contribution in [0.15, 0.2) is 29.8 Å². The lowest BCUT2D eigenvalue weighted by Crippen LogP contribution is -2.02. The fourth-order valence-electron chi connectivity index (χ4n) is 1.66. The molecule has 0 spiro atoms. The number of allylic oxidation sites excluding steroid dienone is 2. The van der Waals surface area contributed by atoms with Crippen molar-refractivity contribution in [3.8, 4) is 5.75 Å². The van der Waals surface area contributed by atoms with Gasteiger partial charge in [0.2, 0.25) is 0 Å². The van der Waals surface area contributed by atoms with Crippen LogP contribution in [-0.2, 0) is 0 Å². The average molecular weight is 232 g/mol. The summed E-state index contributed by atoms with van der Waals surface area (Å²) in [6.45, 7) is 6.06. The van der Waals surface area contributed by atoms with Crippen molar-refractivity contribution in [2.24, 2.45) is 0 Å². The Bertz CT molecular complexity index is 427. The molecule has 0 atom stereocenters. The third-order valence-corrected chi connectivity index (χ3v) is 2.58. The predicted octanol–water partition coefficient (Wildman–Crippen LogP) is 3.93. The van der Waals surface area contributed by atoms with E-state index in [0.29, 0.717) is 17.7 Å². The van der Waals surface area contributed by atoms with E-state index in [-0.39, 0.29) is 5.78 Å². The lowest BCUT2D eigenvalue weighted by molar-refractivity contribution is 0.0980. The van der Waals surface area contributed by atoms with E-state index in [9.17, 15) is 4.79 Å². The summed E-state index contributed by atoms with van der Waals surface area (Å²) >= 11 is 0. The Morgan fingerprint density at radius 2 is 2.06 bits per heavy atom. The van der Waals surface area contributed by atoms with Crippen molar-refractivity contribution in [3.05, 3.63) is 41.0 Å². The smallest absolute Gasteiger partial charge is 0.166 e. The summed E-state index contributed by atoms with van der Waals surface area (Å²) in [6.07, 6.45) is 3.40. The number of rotatable bonds is 5. The maximum Gasteiger partial charge on any atom is 0.166 e. The number of methoxy groups -OCH3 is 1. The SMILES string of the molecule is COc1cc(C)ccc1C(=O)CCC=C(C)C. The van der Waals surface area contributed by atoms with Gasteiger partial charge in [-0.25, -0.2) is 0 Å². The van der Waals surface area contributed by atoms with E-state index in [2.05, 4.69) is 6.08 Å². The fraction of sp³-hybridized carbons (Fsp3) is 0.400. The summed E-state index contributed by atoms with van der Waals surface area (Å²) in [5.74, 6) is 0.812. The molecule has 0 saturated heterocycles. The van der Waals surface area contributed by atoms with E-state index >= 15 is 0 Å². The number of benzene rings is 1. The van der Waals surface area contributed by atoms with Gasteiger partial charge in [-0.05, 0) is 44.9 Å². The molecule has 0 saturated carbocycles. The van der Waals surface area contributed by atoms with Gasteiger partial charge in [0.15, 0.2) is 5.78 Å². The first-order chi connectivity index (χ1) is 8.04. The van der Waals surface area contributed by atoms with Crippen LogP contribution in [-0.4, -0.2) is 12.9 Å². The summed E-state index contributed by atoms with van der Waals surface area (Å²) in [7, 11) is 1.60. The van der Waals surface area contributed by atoms with E-state index in [1.54, 1.807) is 7.11 Å². The molecular weight excluding hydrogens is 212 g/mol. The van der Waals surface area contributed by atoms with Crippen molar-refractivity contribution in [2.75, 3.05) is 7.11 Å². The number of Topliss-reactive ketones (excluding diaryl/α,β-unsaturated/α-hetero) is 1. The highest BCUT2D eigenvalue weighted by molar-refractivity contribution is 5.98. The molecule has 0 aliphatic rings. The van der Waals surface area contributed by atoms with Crippen molar-refractivity contribution >= 4 is 5.78 Å². The zero-order valence-corrected chi connectivity index (χ0v) is 11.0. The first-order valence-corrected chi connectivity index (χ1v) is 5.86. The molecule has 92 valence electrons. The van der Waals surface area contributed by atoms with Gasteiger partial charge in [0.05, 0.1) is 12.7 Å². The minimum Gasteiger partial charge on any atom is -0.496 e. The van der Waals surface area contributed by atoms with Gasteiger partial charge in [-0.2, -0.15) is 0 Å². The maximum absolute atomic E-state index is 12.0. The summed E-state index contributed by atoms with van der Waals surface area (Å²) in [5.41, 5.74) is 3.02. The summed E-state index contributed by atoms with van der Waals surface area (Å²) in [4.78, 5) is 12.0. The number of carbonyl (C=O) groups is 1. The van der Waals surface area contributed by atoms with Crippen LogP contribution in [0.5, 0.6) is 5.75 Å². The standard InChI is InChI=1S/C15H20O2/c1-11(2)6-5-7-14(16)13-9-8-12(3)10-15(13)17-4/h6,8-10H,5,7H2,1-4H3. The lowest BCUT2D eigenvalue weighted by atomic mass is 10.0. The number of ketones is 1. The Balaban J connectivity index is 2.78. The minimum atomic E-state index is 0.138. The Morgan fingerprint density at radius 1 is 1.35 bits per heavy atom. The molecule has 0 heterocycles. The number of ether oxygens (including phenoxy) is 1. The molecule has 0 fully saturated rings. The monoisotopic (exact) mass is 232 g/mol. The number of hydrogen-bond acceptors (Lipinski definition) is 2. The highest BCUT2D eigenvalue weighted by Gasteiger charge is 2.11. The van der Waals surface area contributed by atoms with Crippen molar-refractivity contribution < 1.29 is 9.53 Å². The van der Waals surface area contributed by atoms with Crippen LogP contribution in [0.3, 0.4) is 0 Å². The zero-order chi connectivity index (χ0) is 12.8. The van der Waals surface area contributed by atoms with Gasteiger partial charge in [-0.3, -0.25) is 4.79 Å². The van der Waals surface area contributed by atoms with E-state index in [4.69, 9.17) is 4.74 Å². The molecule has 2 nitrogen and oxygen atoms in total. The van der Waals surface area contributed by atoms with E-state index in [1.165, 1.54) is 5.57 Å². The second-order valence-corrected chi connectivity index (χ2v) is 4.45. The van der Waals surface area contributed by atoms with Gasteiger partial charge >= 0.3 is 0 Å². The van der Waals surface area contributed by atoms with Crippen molar-refractivity contribution in [3.63, 3.8) is 0 Å². The van der Waals surface area contributed by atoms with Crippen LogP contribution in [0, 0.1) is 6.92 Å². The van der Waals surface area contributed by atoms with Gasteiger partial charge in [-0.1, -0.05) is 17.7 Å². The molecule has 0 aliphatic heterocycles. The number of carbonyl (C=O) groups excluding carboxylic acids is 1. The average Bonchev–Trinajstić information content (AvgIpc) is 2.28. The minimum absolute atomic E-state index is 0.138. The first-order valence-electron chi connectivity index (χ1n) is 5.86. The molecule has 0 bridgehead atoms. The topological polar surface area (TPSA) is 26.3 Å². The second kappa shape index (κ2) is 6.24. The summed E-state index contributed by atoms with van der Waals surface area (Å²) in [5, 5.41) is 0. The van der Waals surface area contributed by atoms with Gasteiger partial charge < -0.3 is 4.74 Å². The van der Waals surface area contributed by atoms with Crippen molar-refractivity contribution in [1.82, 2.24) is 0 Å². The second-order valence-electron chi connectivity index (χ2n) is 4.45. The Kier molecular flexibility index (Phi) is 4.95. The molecule has 0 N–H and O–H groups in total. The predicted molar refractivity (Wildman–Crippen MR) is 70.7 cm³/mol. The van der Waals surface area contributed by atoms with Crippen LogP contribution in [0.1, 0.15) is 42.6 Å². The van der Waals surface area contributed by atoms with E-state index in [1.807, 2.05) is 39.0 Å². The van der Waals surface area contributed by atoms with Crippen LogP contribution in [0.2, 0.25) is 0 Å². The molecule has 2 heteroatoms. The van der Waals surface area contributed by atoms with Crippen LogP contribution < -0.4 is 4.74 Å². The third kappa shape index (κ3) is 4.06. The van der Waals surface area contributed by atoms with E-state index < -0.39 is 0 Å². The summed E-state index contributed by atoms with van der Waals surface area (Å²) in [6, 6.07) is 5.68. The quantitative estimate of drug-likeness (QED) is 0.568. The molecule has 1 aromatic rings.